The smallest absolute Gasteiger partial charge is 0.0723 e. The fourth-order valence-corrected chi connectivity index (χ4v) is 2.99. The van der Waals surface area contributed by atoms with Gasteiger partial charge in [0.1, 0.15) is 0 Å². The van der Waals surface area contributed by atoms with Crippen molar-refractivity contribution in [2.75, 3.05) is 18.1 Å². The number of anilines is 1. The van der Waals surface area contributed by atoms with E-state index in [1.54, 1.807) is 0 Å². The summed E-state index contributed by atoms with van der Waals surface area (Å²) < 4.78 is 6.72. The predicted molar refractivity (Wildman–Crippen MR) is 75.9 cm³/mol. The standard InChI is InChI=1S/C13H17BrClNO/c1-9-8-17-10(2)7-16(9)12-4-3-11(6-15)13(14)5-12/h3-5,9-10H,6-8H2,1-2H3. The van der Waals surface area contributed by atoms with Crippen molar-refractivity contribution in [1.82, 2.24) is 0 Å². The van der Waals surface area contributed by atoms with E-state index in [0.29, 0.717) is 11.9 Å². The SMILES string of the molecule is CC1CN(c2ccc(CCl)c(Br)c2)C(C)CO1. The van der Waals surface area contributed by atoms with Gasteiger partial charge in [-0.1, -0.05) is 22.0 Å². The van der Waals surface area contributed by atoms with E-state index in [-0.39, 0.29) is 6.10 Å². The van der Waals surface area contributed by atoms with E-state index in [1.165, 1.54) is 5.69 Å². The van der Waals surface area contributed by atoms with Crippen LogP contribution in [0.3, 0.4) is 0 Å². The van der Waals surface area contributed by atoms with Gasteiger partial charge in [0.25, 0.3) is 0 Å². The van der Waals surface area contributed by atoms with Gasteiger partial charge in [-0.15, -0.1) is 11.6 Å². The molecule has 1 aliphatic heterocycles. The van der Waals surface area contributed by atoms with Crippen molar-refractivity contribution in [3.05, 3.63) is 28.2 Å². The number of halogens is 2. The summed E-state index contributed by atoms with van der Waals surface area (Å²) in [7, 11) is 0. The van der Waals surface area contributed by atoms with E-state index in [4.69, 9.17) is 16.3 Å². The minimum absolute atomic E-state index is 0.290. The zero-order chi connectivity index (χ0) is 12.4. The molecule has 0 N–H and O–H groups in total. The van der Waals surface area contributed by atoms with Crippen LogP contribution in [0, 0.1) is 0 Å². The molecule has 94 valence electrons. The molecule has 2 nitrogen and oxygen atoms in total. The van der Waals surface area contributed by atoms with Crippen LogP contribution in [0.25, 0.3) is 0 Å². The minimum Gasteiger partial charge on any atom is -0.375 e. The second kappa shape index (κ2) is 5.59. The topological polar surface area (TPSA) is 12.5 Å². The van der Waals surface area contributed by atoms with Crippen LogP contribution in [0.4, 0.5) is 5.69 Å². The zero-order valence-electron chi connectivity index (χ0n) is 10.1. The minimum atomic E-state index is 0.290. The van der Waals surface area contributed by atoms with Gasteiger partial charge in [-0.3, -0.25) is 0 Å². The van der Waals surface area contributed by atoms with E-state index in [0.717, 1.165) is 23.2 Å². The molecule has 4 heteroatoms. The summed E-state index contributed by atoms with van der Waals surface area (Å²) in [5, 5.41) is 0. The van der Waals surface area contributed by atoms with Gasteiger partial charge in [-0.25, -0.2) is 0 Å². The number of alkyl halides is 1. The highest BCUT2D eigenvalue weighted by atomic mass is 79.9. The number of rotatable bonds is 2. The lowest BCUT2D eigenvalue weighted by Gasteiger charge is -2.38. The van der Waals surface area contributed by atoms with E-state index in [9.17, 15) is 0 Å². The Morgan fingerprint density at radius 3 is 2.88 bits per heavy atom. The van der Waals surface area contributed by atoms with E-state index in [2.05, 4.69) is 52.9 Å². The molecule has 1 saturated heterocycles. The highest BCUT2D eigenvalue weighted by Crippen LogP contribution is 2.28. The number of hydrogen-bond acceptors (Lipinski definition) is 2. The Morgan fingerprint density at radius 2 is 2.24 bits per heavy atom. The first-order valence-electron chi connectivity index (χ1n) is 5.84. The molecule has 1 aromatic carbocycles. The van der Waals surface area contributed by atoms with Gasteiger partial charge in [-0.05, 0) is 31.5 Å². The van der Waals surface area contributed by atoms with Gasteiger partial charge in [-0.2, -0.15) is 0 Å². The van der Waals surface area contributed by atoms with Gasteiger partial charge in [0.05, 0.1) is 12.7 Å². The molecule has 2 rings (SSSR count). The van der Waals surface area contributed by atoms with Crippen LogP contribution in [0.15, 0.2) is 22.7 Å². The van der Waals surface area contributed by atoms with Gasteiger partial charge in [0.15, 0.2) is 0 Å². The quantitative estimate of drug-likeness (QED) is 0.769. The number of morpholine rings is 1. The van der Waals surface area contributed by atoms with Crippen molar-refractivity contribution >= 4 is 33.2 Å². The summed E-state index contributed by atoms with van der Waals surface area (Å²) in [5.41, 5.74) is 2.36. The molecule has 1 aromatic rings. The Hall–Kier alpha value is -0.250. The molecule has 0 aromatic heterocycles. The molecule has 1 aliphatic rings. The average Bonchev–Trinajstić information content (AvgIpc) is 2.32. The molecular weight excluding hydrogens is 302 g/mol. The number of benzene rings is 1. The summed E-state index contributed by atoms with van der Waals surface area (Å²) in [5.74, 6) is 0.538. The Morgan fingerprint density at radius 1 is 1.47 bits per heavy atom. The normalized spacial score (nSPS) is 25.1. The third-order valence-corrected chi connectivity index (χ3v) is 4.15. The maximum Gasteiger partial charge on any atom is 0.0723 e. The first-order valence-corrected chi connectivity index (χ1v) is 7.17. The second-order valence-corrected chi connectivity index (χ2v) is 5.68. The molecular formula is C13H17BrClNO. The predicted octanol–water partition coefficient (Wildman–Crippen LogP) is 3.80. The van der Waals surface area contributed by atoms with E-state index < -0.39 is 0 Å². The van der Waals surface area contributed by atoms with Gasteiger partial charge in [0, 0.05) is 28.6 Å². The fourth-order valence-electron chi connectivity index (χ4n) is 2.09. The summed E-state index contributed by atoms with van der Waals surface area (Å²) in [6.45, 7) is 6.03. The van der Waals surface area contributed by atoms with Crippen LogP contribution in [-0.4, -0.2) is 25.3 Å². The van der Waals surface area contributed by atoms with Crippen LogP contribution in [0.2, 0.25) is 0 Å². The van der Waals surface area contributed by atoms with Crippen molar-refractivity contribution in [2.24, 2.45) is 0 Å². The molecule has 0 saturated carbocycles. The third kappa shape index (κ3) is 2.95. The number of hydrogen-bond donors (Lipinski definition) is 0. The molecule has 0 aliphatic carbocycles. The first kappa shape index (κ1) is 13.2. The van der Waals surface area contributed by atoms with Crippen molar-refractivity contribution in [1.29, 1.82) is 0 Å². The third-order valence-electron chi connectivity index (χ3n) is 3.12. The average molecular weight is 319 g/mol. The van der Waals surface area contributed by atoms with Crippen molar-refractivity contribution in [2.45, 2.75) is 31.9 Å². The lowest BCUT2D eigenvalue weighted by Crippen LogP contribution is -2.47. The highest BCUT2D eigenvalue weighted by Gasteiger charge is 2.23. The Labute approximate surface area is 116 Å². The van der Waals surface area contributed by atoms with Crippen molar-refractivity contribution < 1.29 is 4.74 Å². The number of nitrogens with zero attached hydrogens (tertiary/aromatic N) is 1. The van der Waals surface area contributed by atoms with Crippen molar-refractivity contribution in [3.8, 4) is 0 Å². The fraction of sp³-hybridized carbons (Fsp3) is 0.538. The Balaban J connectivity index is 2.23. The molecule has 1 fully saturated rings. The molecule has 0 bridgehead atoms. The van der Waals surface area contributed by atoms with Crippen LogP contribution >= 0.6 is 27.5 Å². The monoisotopic (exact) mass is 317 g/mol. The molecule has 2 atom stereocenters. The Bertz CT molecular complexity index is 399. The van der Waals surface area contributed by atoms with Crippen LogP contribution in [0.1, 0.15) is 19.4 Å². The number of ether oxygens (including phenoxy) is 1. The molecule has 0 radical (unpaired) electrons. The molecule has 0 spiro atoms. The molecule has 1 heterocycles. The van der Waals surface area contributed by atoms with E-state index >= 15 is 0 Å². The lowest BCUT2D eigenvalue weighted by molar-refractivity contribution is 0.0344. The molecule has 2 unspecified atom stereocenters. The van der Waals surface area contributed by atoms with Gasteiger partial charge in [0.2, 0.25) is 0 Å². The summed E-state index contributed by atoms with van der Waals surface area (Å²) in [4.78, 5) is 2.39. The molecule has 0 amide bonds. The summed E-state index contributed by atoms with van der Waals surface area (Å²) in [6, 6.07) is 6.78. The maximum atomic E-state index is 5.86. The second-order valence-electron chi connectivity index (χ2n) is 4.55. The summed E-state index contributed by atoms with van der Waals surface area (Å²) >= 11 is 9.43. The maximum absolute atomic E-state index is 5.86. The highest BCUT2D eigenvalue weighted by molar-refractivity contribution is 9.10. The van der Waals surface area contributed by atoms with Crippen LogP contribution in [0.5, 0.6) is 0 Å². The van der Waals surface area contributed by atoms with E-state index in [1.807, 2.05) is 0 Å². The Kier molecular flexibility index (Phi) is 4.34. The zero-order valence-corrected chi connectivity index (χ0v) is 12.5. The lowest BCUT2D eigenvalue weighted by atomic mass is 10.1. The van der Waals surface area contributed by atoms with Crippen LogP contribution < -0.4 is 4.90 Å². The van der Waals surface area contributed by atoms with Gasteiger partial charge < -0.3 is 9.64 Å². The van der Waals surface area contributed by atoms with Crippen molar-refractivity contribution in [3.63, 3.8) is 0 Å². The van der Waals surface area contributed by atoms with Gasteiger partial charge >= 0.3 is 0 Å². The first-order chi connectivity index (χ1) is 8.11. The molecule has 17 heavy (non-hydrogen) atoms. The summed E-state index contributed by atoms with van der Waals surface area (Å²) in [6.07, 6.45) is 0.290. The van der Waals surface area contributed by atoms with Crippen LogP contribution in [-0.2, 0) is 10.6 Å². The largest absolute Gasteiger partial charge is 0.375 e.